The minimum absolute atomic E-state index is 0.219. The van der Waals surface area contributed by atoms with Crippen LogP contribution in [0.15, 0.2) is 107 Å². The van der Waals surface area contributed by atoms with E-state index >= 15 is 0 Å². The maximum atomic E-state index is 12.6. The fourth-order valence-electron chi connectivity index (χ4n) is 5.21. The van der Waals surface area contributed by atoms with E-state index in [1.807, 2.05) is 36.4 Å². The van der Waals surface area contributed by atoms with Crippen LogP contribution in [-0.4, -0.2) is 67.1 Å². The van der Waals surface area contributed by atoms with E-state index in [9.17, 15) is 27.3 Å². The highest BCUT2D eigenvalue weighted by Gasteiger charge is 2.24. The Hall–Kier alpha value is -5.74. The van der Waals surface area contributed by atoms with Gasteiger partial charge in [-0.1, -0.05) is 83.1 Å². The lowest BCUT2D eigenvalue weighted by Crippen LogP contribution is -2.31. The normalized spacial score (nSPS) is 12.8. The van der Waals surface area contributed by atoms with Crippen molar-refractivity contribution in [3.8, 4) is 0 Å². The van der Waals surface area contributed by atoms with Crippen LogP contribution in [0.3, 0.4) is 0 Å². The van der Waals surface area contributed by atoms with Gasteiger partial charge in [0.15, 0.2) is 0 Å². The van der Waals surface area contributed by atoms with Crippen molar-refractivity contribution in [3.05, 3.63) is 131 Å². The summed E-state index contributed by atoms with van der Waals surface area (Å²) in [5.74, 6) is 0. The highest BCUT2D eigenvalue weighted by atomic mass is 32.2. The third-order valence-corrected chi connectivity index (χ3v) is 12.0. The Morgan fingerprint density at radius 3 is 1.22 bits per heavy atom. The summed E-state index contributed by atoms with van der Waals surface area (Å²) in [5, 5.41) is 40.2. The quantitative estimate of drug-likeness (QED) is 0.0754. The number of hydrogen-bond acceptors (Lipinski definition) is 10. The second kappa shape index (κ2) is 14.0. The molecule has 16 heteroatoms. The van der Waals surface area contributed by atoms with Crippen LogP contribution >= 0.6 is 0 Å². The van der Waals surface area contributed by atoms with Crippen molar-refractivity contribution in [2.24, 2.45) is 10.3 Å². The van der Waals surface area contributed by atoms with E-state index in [0.717, 1.165) is 7.94 Å². The zero-order valence-electron chi connectivity index (χ0n) is 27.5. The molecule has 0 fully saturated rings. The molecule has 0 saturated carbocycles. The van der Waals surface area contributed by atoms with Crippen molar-refractivity contribution >= 4 is 53.5 Å². The van der Waals surface area contributed by atoms with Gasteiger partial charge in [-0.2, -0.15) is 0 Å². The van der Waals surface area contributed by atoms with Crippen LogP contribution in [0.1, 0.15) is 49.9 Å². The first-order valence-corrected chi connectivity index (χ1v) is 18.4. The average Bonchev–Trinajstić information content (AvgIpc) is 3.61. The van der Waals surface area contributed by atoms with Crippen LogP contribution in [0.4, 0.5) is 0 Å². The second-order valence-corrected chi connectivity index (χ2v) is 16.4. The molecule has 2 aromatic heterocycles. The van der Waals surface area contributed by atoms with Crippen molar-refractivity contribution in [1.82, 2.24) is 17.9 Å². The van der Waals surface area contributed by atoms with Crippen LogP contribution in [-0.2, 0) is 20.0 Å². The zero-order chi connectivity index (χ0) is 36.4. The summed E-state index contributed by atoms with van der Waals surface area (Å²) in [4.78, 5) is 5.52. The van der Waals surface area contributed by atoms with Crippen LogP contribution in [0.5, 0.6) is 0 Å². The van der Waals surface area contributed by atoms with Crippen LogP contribution < -0.4 is 11.2 Å². The molecule has 260 valence electrons. The van der Waals surface area contributed by atoms with Crippen molar-refractivity contribution in [3.63, 3.8) is 0 Å². The molecule has 0 spiro atoms. The molecule has 2 heterocycles. The van der Waals surface area contributed by atoms with Gasteiger partial charge in [0.2, 0.25) is 31.3 Å². The van der Waals surface area contributed by atoms with E-state index in [2.05, 4.69) is 20.3 Å². The number of imidazole rings is 2. The molecule has 6 N–H and O–H groups in total. The van der Waals surface area contributed by atoms with Gasteiger partial charge in [0.1, 0.15) is 11.4 Å². The average molecular weight is 717 g/mol. The van der Waals surface area contributed by atoms with Crippen LogP contribution in [0.25, 0.3) is 22.1 Å². The summed E-state index contributed by atoms with van der Waals surface area (Å²) in [6, 6.07) is 28.1. The van der Waals surface area contributed by atoms with Crippen LogP contribution in [0.2, 0.25) is 0 Å². The van der Waals surface area contributed by atoms with Gasteiger partial charge < -0.3 is 20.4 Å². The van der Waals surface area contributed by atoms with Gasteiger partial charge in [0, 0.05) is 22.3 Å². The number of oxime groups is 2. The number of nitrogens with zero attached hydrogens (tertiary/aromatic N) is 4. The molecule has 0 amide bonds. The number of nitrogens with one attached hydrogen (secondary N) is 4. The predicted octanol–water partition coefficient (Wildman–Crippen LogP) is 4.52. The molecular formula is C34H36N8O6S2. The van der Waals surface area contributed by atoms with E-state index in [-0.39, 0.29) is 11.2 Å². The van der Waals surface area contributed by atoms with Gasteiger partial charge in [0.25, 0.3) is 0 Å². The topological polar surface area (TPSA) is 223 Å². The third kappa shape index (κ3) is 6.62. The summed E-state index contributed by atoms with van der Waals surface area (Å²) < 4.78 is 52.3. The number of fused-ring (bicyclic) bond motifs is 2. The van der Waals surface area contributed by atoms with Crippen molar-refractivity contribution in [2.45, 2.75) is 38.2 Å². The first kappa shape index (κ1) is 35.6. The fraction of sp³-hybridized carbons (Fsp3) is 0.176. The molecule has 4 aromatic carbocycles. The first-order valence-electron chi connectivity index (χ1n) is 15.4. The van der Waals surface area contributed by atoms with Crippen LogP contribution in [0, 0.1) is 10.8 Å². The Morgan fingerprint density at radius 1 is 0.580 bits per heavy atom. The zero-order valence-corrected chi connectivity index (χ0v) is 29.2. The van der Waals surface area contributed by atoms with E-state index in [4.69, 9.17) is 10.8 Å². The molecular weight excluding hydrogens is 681 g/mol. The molecule has 0 saturated heterocycles. The third-order valence-electron chi connectivity index (χ3n) is 7.89. The lowest BCUT2D eigenvalue weighted by molar-refractivity contribution is 0.319. The standard InChI is InChI=1S/2C17H18N4O3S/c2*1-11(2)25(23,24)21-15-10-13(8-9-14(15)19-17(21)18)16(20-22)12-6-4-3-5-7-12/h2*3-11,22H,1-2H3,(H2,18,19)/b2*20-16+. The molecule has 14 nitrogen and oxygen atoms in total. The minimum Gasteiger partial charge on any atom is -0.410 e. The Balaban J connectivity index is 0.000000194. The van der Waals surface area contributed by atoms with E-state index in [0.29, 0.717) is 55.7 Å². The molecule has 50 heavy (non-hydrogen) atoms. The number of aromatic nitrogens is 4. The predicted molar refractivity (Wildman–Crippen MR) is 191 cm³/mol. The Kier molecular flexibility index (Phi) is 9.96. The summed E-state index contributed by atoms with van der Waals surface area (Å²) in [6.45, 7) is 6.26. The summed E-state index contributed by atoms with van der Waals surface area (Å²) >= 11 is 0. The summed E-state index contributed by atoms with van der Waals surface area (Å²) in [7, 11) is -7.42. The van der Waals surface area contributed by atoms with E-state index < -0.39 is 30.5 Å². The Morgan fingerprint density at radius 2 is 0.920 bits per heavy atom. The Labute approximate surface area is 287 Å². The Bertz CT molecular complexity index is 2400. The minimum atomic E-state index is -3.71. The maximum Gasteiger partial charge on any atom is 0.244 e. The van der Waals surface area contributed by atoms with Gasteiger partial charge in [0.05, 0.1) is 32.6 Å². The highest BCUT2D eigenvalue weighted by molar-refractivity contribution is 7.90. The molecule has 0 aliphatic carbocycles. The van der Waals surface area contributed by atoms with Gasteiger partial charge in [-0.25, -0.2) is 24.8 Å². The number of aromatic amines is 2. The van der Waals surface area contributed by atoms with Gasteiger partial charge in [-0.15, -0.1) is 0 Å². The molecule has 6 rings (SSSR count). The summed E-state index contributed by atoms with van der Waals surface area (Å²) in [5.41, 5.74) is 4.42. The number of H-pyrrole nitrogens is 2. The molecule has 0 bridgehead atoms. The maximum absolute atomic E-state index is 12.6. The number of hydrogen-bond donors (Lipinski definition) is 6. The lowest BCUT2D eigenvalue weighted by atomic mass is 10.0. The van der Waals surface area contributed by atoms with E-state index in [1.165, 1.54) is 0 Å². The number of benzene rings is 4. The molecule has 0 radical (unpaired) electrons. The largest absolute Gasteiger partial charge is 0.410 e. The lowest BCUT2D eigenvalue weighted by Gasteiger charge is -2.10. The molecule has 0 aliphatic heterocycles. The smallest absolute Gasteiger partial charge is 0.244 e. The number of rotatable bonds is 8. The fourth-order valence-corrected chi connectivity index (χ4v) is 7.50. The second-order valence-electron chi connectivity index (χ2n) is 11.8. The summed E-state index contributed by atoms with van der Waals surface area (Å²) in [6.07, 6.45) is 0. The van der Waals surface area contributed by atoms with Crippen molar-refractivity contribution in [2.75, 3.05) is 0 Å². The highest BCUT2D eigenvalue weighted by Crippen LogP contribution is 2.21. The monoisotopic (exact) mass is 716 g/mol. The molecule has 6 aromatic rings. The van der Waals surface area contributed by atoms with Crippen molar-refractivity contribution in [1.29, 1.82) is 10.8 Å². The van der Waals surface area contributed by atoms with E-state index in [1.54, 1.807) is 88.4 Å². The first-order chi connectivity index (χ1) is 23.7. The molecule has 0 aliphatic rings. The van der Waals surface area contributed by atoms with Gasteiger partial charge in [-0.3, -0.25) is 10.8 Å². The van der Waals surface area contributed by atoms with Crippen molar-refractivity contribution < 1.29 is 27.3 Å². The molecule has 0 unspecified atom stereocenters. The molecule has 0 atom stereocenters. The SMILES string of the molecule is CC(C)S(=O)(=O)n1c(=N)[nH]c2ccc(/C(=N/O)c3ccccc3)cc21.CC(C)S(=O)(=O)n1c(=N)[nH]c2ccc(/C(=N/O)c3ccccc3)cc21. The van der Waals surface area contributed by atoms with Gasteiger partial charge >= 0.3 is 0 Å². The van der Waals surface area contributed by atoms with Gasteiger partial charge in [-0.05, 0) is 52.0 Å².